The van der Waals surface area contributed by atoms with Crippen LogP contribution in [0.5, 0.6) is 0 Å². The van der Waals surface area contributed by atoms with Crippen molar-refractivity contribution in [2.24, 2.45) is 17.6 Å². The van der Waals surface area contributed by atoms with Crippen molar-refractivity contribution in [2.75, 3.05) is 6.54 Å². The number of hydrogen-bond donors (Lipinski definition) is 2. The van der Waals surface area contributed by atoms with Crippen LogP contribution >= 0.6 is 0 Å². The molecule has 0 aliphatic heterocycles. The zero-order chi connectivity index (χ0) is 11.7. The highest BCUT2D eigenvalue weighted by Gasteiger charge is 2.40. The van der Waals surface area contributed by atoms with Gasteiger partial charge in [-0.2, -0.15) is 0 Å². The number of nitrogens with one attached hydrogen (secondary N) is 1. The fourth-order valence-electron chi connectivity index (χ4n) is 2.51. The van der Waals surface area contributed by atoms with Gasteiger partial charge in [-0.3, -0.25) is 4.68 Å². The number of nitrogens with two attached hydrogens (primary N) is 1. The molecule has 0 radical (unpaired) electrons. The van der Waals surface area contributed by atoms with Crippen LogP contribution in [0, 0.1) is 11.8 Å². The highest BCUT2D eigenvalue weighted by Crippen LogP contribution is 2.44. The molecule has 3 rings (SSSR count). The minimum absolute atomic E-state index is 0.614. The van der Waals surface area contributed by atoms with Crippen molar-refractivity contribution in [3.8, 4) is 0 Å². The molecule has 5 nitrogen and oxygen atoms in total. The molecule has 0 spiro atoms. The highest BCUT2D eigenvalue weighted by atomic mass is 15.4. The SMILES string of the molecule is NCCn1cc(CNC(C2CC2)C2CC2)nn1. The Bertz CT molecular complexity index is 355. The molecule has 2 aliphatic carbocycles. The molecular formula is C12H21N5. The normalized spacial score (nSPS) is 20.1. The second-order valence-electron chi connectivity index (χ2n) is 5.34. The third-order valence-electron chi connectivity index (χ3n) is 3.72. The number of aromatic nitrogens is 3. The lowest BCUT2D eigenvalue weighted by molar-refractivity contribution is 0.413. The average Bonchev–Trinajstić information content (AvgIpc) is 3.21. The van der Waals surface area contributed by atoms with E-state index in [-0.39, 0.29) is 0 Å². The van der Waals surface area contributed by atoms with E-state index in [1.54, 1.807) is 0 Å². The Hall–Kier alpha value is -0.940. The molecule has 0 aromatic carbocycles. The van der Waals surface area contributed by atoms with Gasteiger partial charge in [0.2, 0.25) is 0 Å². The highest BCUT2D eigenvalue weighted by molar-refractivity contribution is 4.99. The van der Waals surface area contributed by atoms with Gasteiger partial charge >= 0.3 is 0 Å². The van der Waals surface area contributed by atoms with Gasteiger partial charge in [0.1, 0.15) is 0 Å². The third-order valence-corrected chi connectivity index (χ3v) is 3.72. The van der Waals surface area contributed by atoms with Gasteiger partial charge in [0, 0.05) is 25.3 Å². The molecule has 0 saturated heterocycles. The van der Waals surface area contributed by atoms with Crippen LogP contribution in [0.15, 0.2) is 6.20 Å². The first-order valence-electron chi connectivity index (χ1n) is 6.69. The fraction of sp³-hybridized carbons (Fsp3) is 0.833. The van der Waals surface area contributed by atoms with Crippen molar-refractivity contribution in [3.63, 3.8) is 0 Å². The van der Waals surface area contributed by atoms with Gasteiger partial charge in [0.15, 0.2) is 0 Å². The summed E-state index contributed by atoms with van der Waals surface area (Å²) in [4.78, 5) is 0. The van der Waals surface area contributed by atoms with Crippen molar-refractivity contribution in [2.45, 2.75) is 44.8 Å². The molecule has 0 amide bonds. The Balaban J connectivity index is 1.51. The molecule has 0 unspecified atom stereocenters. The maximum Gasteiger partial charge on any atom is 0.0964 e. The van der Waals surface area contributed by atoms with E-state index in [9.17, 15) is 0 Å². The topological polar surface area (TPSA) is 68.8 Å². The van der Waals surface area contributed by atoms with Crippen LogP contribution in [0.2, 0.25) is 0 Å². The van der Waals surface area contributed by atoms with Crippen molar-refractivity contribution in [1.82, 2.24) is 20.3 Å². The van der Waals surface area contributed by atoms with Gasteiger partial charge in [0.05, 0.1) is 12.2 Å². The van der Waals surface area contributed by atoms with Crippen LogP contribution in [-0.4, -0.2) is 27.6 Å². The second-order valence-corrected chi connectivity index (χ2v) is 5.34. The molecule has 2 saturated carbocycles. The Kier molecular flexibility index (Phi) is 3.11. The van der Waals surface area contributed by atoms with Gasteiger partial charge in [-0.25, -0.2) is 0 Å². The maximum atomic E-state index is 5.48. The predicted octanol–water partition coefficient (Wildman–Crippen LogP) is 0.515. The summed E-state index contributed by atoms with van der Waals surface area (Å²) in [7, 11) is 0. The number of nitrogens with zero attached hydrogens (tertiary/aromatic N) is 3. The van der Waals surface area contributed by atoms with Gasteiger partial charge in [-0.05, 0) is 37.5 Å². The first-order valence-corrected chi connectivity index (χ1v) is 6.69. The molecule has 2 aliphatic rings. The van der Waals surface area contributed by atoms with Gasteiger partial charge in [-0.1, -0.05) is 5.21 Å². The molecule has 0 bridgehead atoms. The summed E-state index contributed by atoms with van der Waals surface area (Å²) in [5.41, 5.74) is 6.52. The van der Waals surface area contributed by atoms with Crippen LogP contribution < -0.4 is 11.1 Å². The Morgan fingerprint density at radius 2 is 2.06 bits per heavy atom. The van der Waals surface area contributed by atoms with E-state index in [0.29, 0.717) is 6.54 Å². The molecule has 0 atom stereocenters. The monoisotopic (exact) mass is 235 g/mol. The molecule has 17 heavy (non-hydrogen) atoms. The first-order chi connectivity index (χ1) is 8.36. The zero-order valence-corrected chi connectivity index (χ0v) is 10.2. The zero-order valence-electron chi connectivity index (χ0n) is 10.2. The quantitative estimate of drug-likeness (QED) is 0.723. The van der Waals surface area contributed by atoms with Gasteiger partial charge in [0.25, 0.3) is 0 Å². The van der Waals surface area contributed by atoms with E-state index in [0.717, 1.165) is 36.7 Å². The third kappa shape index (κ3) is 2.84. The van der Waals surface area contributed by atoms with Crippen LogP contribution in [0.4, 0.5) is 0 Å². The Labute approximate surface area is 102 Å². The van der Waals surface area contributed by atoms with E-state index in [2.05, 4.69) is 15.6 Å². The number of rotatable bonds is 7. The van der Waals surface area contributed by atoms with Crippen LogP contribution in [0.1, 0.15) is 31.4 Å². The molecule has 94 valence electrons. The van der Waals surface area contributed by atoms with Crippen molar-refractivity contribution < 1.29 is 0 Å². The van der Waals surface area contributed by atoms with Crippen LogP contribution in [0.3, 0.4) is 0 Å². The lowest BCUT2D eigenvalue weighted by Gasteiger charge is -2.16. The molecule has 1 aromatic rings. The molecule has 5 heteroatoms. The molecule has 1 heterocycles. The molecular weight excluding hydrogens is 214 g/mol. The first kappa shape index (κ1) is 11.2. The lowest BCUT2D eigenvalue weighted by atomic mass is 10.1. The van der Waals surface area contributed by atoms with Crippen molar-refractivity contribution >= 4 is 0 Å². The molecule has 3 N–H and O–H groups in total. The summed E-state index contributed by atoms with van der Waals surface area (Å²) >= 11 is 0. The summed E-state index contributed by atoms with van der Waals surface area (Å²) in [5.74, 6) is 1.86. The van der Waals surface area contributed by atoms with Crippen molar-refractivity contribution in [1.29, 1.82) is 0 Å². The van der Waals surface area contributed by atoms with E-state index >= 15 is 0 Å². The fourth-order valence-corrected chi connectivity index (χ4v) is 2.51. The standard InChI is InChI=1S/C12H21N5/c13-5-6-17-8-11(15-16-17)7-14-12(9-1-2-9)10-3-4-10/h8-10,12,14H,1-7,13H2. The summed E-state index contributed by atoms with van der Waals surface area (Å²) < 4.78 is 1.82. The summed E-state index contributed by atoms with van der Waals surface area (Å²) in [6.45, 7) is 2.22. The van der Waals surface area contributed by atoms with E-state index in [4.69, 9.17) is 5.73 Å². The van der Waals surface area contributed by atoms with E-state index in [1.807, 2.05) is 10.9 Å². The smallest absolute Gasteiger partial charge is 0.0964 e. The van der Waals surface area contributed by atoms with E-state index < -0.39 is 0 Å². The minimum Gasteiger partial charge on any atom is -0.329 e. The average molecular weight is 235 g/mol. The maximum absolute atomic E-state index is 5.48. The predicted molar refractivity (Wildman–Crippen MR) is 65.2 cm³/mol. The molecule has 2 fully saturated rings. The van der Waals surface area contributed by atoms with Gasteiger partial charge in [-0.15, -0.1) is 5.10 Å². The van der Waals surface area contributed by atoms with E-state index in [1.165, 1.54) is 25.7 Å². The second kappa shape index (κ2) is 4.74. The lowest BCUT2D eigenvalue weighted by Crippen LogP contribution is -2.32. The molecule has 1 aromatic heterocycles. The van der Waals surface area contributed by atoms with Crippen LogP contribution in [-0.2, 0) is 13.1 Å². The largest absolute Gasteiger partial charge is 0.329 e. The number of hydrogen-bond acceptors (Lipinski definition) is 4. The summed E-state index contributed by atoms with van der Waals surface area (Å²) in [5, 5.41) is 11.9. The summed E-state index contributed by atoms with van der Waals surface area (Å²) in [6, 6.07) is 0.731. The Morgan fingerprint density at radius 3 is 2.65 bits per heavy atom. The minimum atomic E-state index is 0.614. The Morgan fingerprint density at radius 1 is 1.35 bits per heavy atom. The van der Waals surface area contributed by atoms with Crippen LogP contribution in [0.25, 0.3) is 0 Å². The summed E-state index contributed by atoms with van der Waals surface area (Å²) in [6.07, 6.45) is 7.64. The van der Waals surface area contributed by atoms with Crippen molar-refractivity contribution in [3.05, 3.63) is 11.9 Å². The van der Waals surface area contributed by atoms with Gasteiger partial charge < -0.3 is 11.1 Å².